The third-order valence-electron chi connectivity index (χ3n) is 4.53. The molecule has 0 aliphatic rings. The summed E-state index contributed by atoms with van der Waals surface area (Å²) in [7, 11) is 0. The van der Waals surface area contributed by atoms with Crippen molar-refractivity contribution >= 4 is 23.3 Å². The number of hydrogen-bond acceptors (Lipinski definition) is 7. The second-order valence-corrected chi connectivity index (χ2v) is 8.25. The van der Waals surface area contributed by atoms with Crippen LogP contribution in [-0.4, -0.2) is 31.2 Å². The lowest BCUT2D eigenvalue weighted by atomic mass is 10.1. The molecule has 4 aromatic rings. The van der Waals surface area contributed by atoms with Crippen molar-refractivity contribution in [1.29, 1.82) is 5.26 Å². The van der Waals surface area contributed by atoms with E-state index in [0.717, 1.165) is 16.8 Å². The molecule has 0 aliphatic carbocycles. The van der Waals surface area contributed by atoms with E-state index in [2.05, 4.69) is 26.5 Å². The second-order valence-electron chi connectivity index (χ2n) is 8.25. The molecule has 0 fully saturated rings. The Bertz CT molecular complexity index is 1310. The van der Waals surface area contributed by atoms with Gasteiger partial charge in [-0.2, -0.15) is 10.2 Å². The van der Waals surface area contributed by atoms with E-state index in [-0.39, 0.29) is 12.4 Å². The smallest absolute Gasteiger partial charge is 0.310 e. The van der Waals surface area contributed by atoms with Gasteiger partial charge in [0.2, 0.25) is 5.95 Å². The maximum atomic E-state index is 12.0. The number of nitriles is 1. The number of benzene rings is 2. The first-order chi connectivity index (χ1) is 15.3. The first kappa shape index (κ1) is 21.0. The number of nitrogens with zero attached hydrogens (tertiary/aromatic N) is 5. The van der Waals surface area contributed by atoms with Crippen molar-refractivity contribution in [2.75, 3.05) is 5.32 Å². The van der Waals surface area contributed by atoms with Crippen LogP contribution in [0.2, 0.25) is 0 Å². The minimum atomic E-state index is -0.501. The molecule has 0 bridgehead atoms. The highest BCUT2D eigenvalue weighted by atomic mass is 16.6. The molecule has 0 atom stereocenters. The fourth-order valence-electron chi connectivity index (χ4n) is 3.14. The number of esters is 1. The van der Waals surface area contributed by atoms with Crippen LogP contribution in [0.3, 0.4) is 0 Å². The number of nitrogens with one attached hydrogen (secondary N) is 1. The summed E-state index contributed by atoms with van der Waals surface area (Å²) in [4.78, 5) is 20.9. The van der Waals surface area contributed by atoms with Crippen LogP contribution >= 0.6 is 0 Å². The van der Waals surface area contributed by atoms with Gasteiger partial charge in [-0.15, -0.1) is 5.10 Å². The fraction of sp³-hybridized carbons (Fsp3) is 0.208. The third-order valence-corrected chi connectivity index (χ3v) is 4.53. The Morgan fingerprint density at radius 3 is 2.62 bits per heavy atom. The first-order valence-electron chi connectivity index (χ1n) is 10.1. The van der Waals surface area contributed by atoms with Crippen LogP contribution in [0.1, 0.15) is 31.9 Å². The van der Waals surface area contributed by atoms with Crippen LogP contribution in [0.4, 0.5) is 11.6 Å². The average Bonchev–Trinajstić information content (AvgIpc) is 3.15. The van der Waals surface area contributed by atoms with Crippen molar-refractivity contribution in [3.63, 3.8) is 0 Å². The number of carbonyl (C=O) groups is 1. The van der Waals surface area contributed by atoms with Gasteiger partial charge in [-0.25, -0.2) is 4.52 Å². The van der Waals surface area contributed by atoms with Crippen LogP contribution in [0.25, 0.3) is 16.9 Å². The summed E-state index contributed by atoms with van der Waals surface area (Å²) in [6.07, 6.45) is 3.64. The zero-order chi connectivity index (χ0) is 22.7. The minimum Gasteiger partial charge on any atom is -0.460 e. The molecular weight excluding hydrogens is 404 g/mol. The van der Waals surface area contributed by atoms with Crippen molar-refractivity contribution in [3.05, 3.63) is 72.1 Å². The Morgan fingerprint density at radius 2 is 1.91 bits per heavy atom. The lowest BCUT2D eigenvalue weighted by Crippen LogP contribution is -2.24. The molecule has 0 saturated heterocycles. The van der Waals surface area contributed by atoms with Crippen molar-refractivity contribution in [2.24, 2.45) is 0 Å². The fourth-order valence-corrected chi connectivity index (χ4v) is 3.14. The number of anilines is 2. The van der Waals surface area contributed by atoms with Gasteiger partial charge < -0.3 is 10.1 Å². The third kappa shape index (κ3) is 4.90. The van der Waals surface area contributed by atoms with Gasteiger partial charge in [0.15, 0.2) is 5.65 Å². The monoisotopic (exact) mass is 426 g/mol. The number of fused-ring (bicyclic) bond motifs is 1. The summed E-state index contributed by atoms with van der Waals surface area (Å²) < 4.78 is 7.00. The van der Waals surface area contributed by atoms with Gasteiger partial charge in [-0.05, 0) is 38.5 Å². The van der Waals surface area contributed by atoms with Gasteiger partial charge in [0.25, 0.3) is 0 Å². The second kappa shape index (κ2) is 8.47. The average molecular weight is 426 g/mol. The molecule has 0 unspecified atom stereocenters. The zero-order valence-electron chi connectivity index (χ0n) is 18.0. The Morgan fingerprint density at radius 1 is 1.16 bits per heavy atom. The lowest BCUT2D eigenvalue weighted by Gasteiger charge is -2.19. The summed E-state index contributed by atoms with van der Waals surface area (Å²) in [5.74, 6) is 0.116. The highest BCUT2D eigenvalue weighted by molar-refractivity contribution is 5.73. The van der Waals surface area contributed by atoms with Gasteiger partial charge in [0.1, 0.15) is 11.7 Å². The molecule has 0 radical (unpaired) electrons. The SMILES string of the molecule is CC(C)(C)OC(=O)Cc1ccc(-c2cn3nc(Nc4ccccc4C#N)nc3cn2)cc1. The molecule has 32 heavy (non-hydrogen) atoms. The van der Waals surface area contributed by atoms with Gasteiger partial charge in [0, 0.05) is 5.56 Å². The summed E-state index contributed by atoms with van der Waals surface area (Å²) >= 11 is 0. The number of aromatic nitrogens is 4. The summed E-state index contributed by atoms with van der Waals surface area (Å²) in [6.45, 7) is 5.55. The molecule has 8 nitrogen and oxygen atoms in total. The molecule has 1 N–H and O–H groups in total. The summed E-state index contributed by atoms with van der Waals surface area (Å²) in [6, 6.07) is 16.9. The molecule has 0 amide bonds. The highest BCUT2D eigenvalue weighted by Crippen LogP contribution is 2.21. The van der Waals surface area contributed by atoms with E-state index < -0.39 is 5.60 Å². The standard InChI is InChI=1S/C24H22N6O2/c1-24(2,3)32-22(31)12-16-8-10-17(11-9-16)20-15-30-21(14-26-20)28-23(29-30)27-19-7-5-4-6-18(19)13-25/h4-11,14-15H,12H2,1-3H3,(H,27,29). The molecule has 2 heterocycles. The Hall–Kier alpha value is -4.25. The summed E-state index contributed by atoms with van der Waals surface area (Å²) in [5, 5.41) is 16.8. The molecule has 8 heteroatoms. The van der Waals surface area contributed by atoms with Gasteiger partial charge in [0.05, 0.1) is 35.8 Å². The molecule has 0 saturated carbocycles. The van der Waals surface area contributed by atoms with Gasteiger partial charge >= 0.3 is 5.97 Å². The Labute approximate surface area is 185 Å². The number of hydrogen-bond donors (Lipinski definition) is 1. The number of ether oxygens (including phenoxy) is 1. The molecular formula is C24H22N6O2. The van der Waals surface area contributed by atoms with E-state index in [1.54, 1.807) is 35.1 Å². The zero-order valence-corrected chi connectivity index (χ0v) is 18.0. The first-order valence-corrected chi connectivity index (χ1v) is 10.1. The van der Waals surface area contributed by atoms with Gasteiger partial charge in [-0.3, -0.25) is 9.78 Å². The molecule has 4 rings (SSSR count). The maximum absolute atomic E-state index is 12.0. The topological polar surface area (TPSA) is 105 Å². The van der Waals surface area contributed by atoms with E-state index in [1.807, 2.05) is 51.1 Å². The van der Waals surface area contributed by atoms with Crippen molar-refractivity contribution in [3.8, 4) is 17.3 Å². The van der Waals surface area contributed by atoms with E-state index in [1.165, 1.54) is 0 Å². The van der Waals surface area contributed by atoms with Crippen molar-refractivity contribution in [2.45, 2.75) is 32.8 Å². The van der Waals surface area contributed by atoms with Crippen molar-refractivity contribution in [1.82, 2.24) is 19.6 Å². The number of para-hydroxylation sites is 1. The van der Waals surface area contributed by atoms with Crippen LogP contribution < -0.4 is 5.32 Å². The Balaban J connectivity index is 1.51. The van der Waals surface area contributed by atoms with Crippen LogP contribution in [0, 0.1) is 11.3 Å². The van der Waals surface area contributed by atoms with E-state index >= 15 is 0 Å². The van der Waals surface area contributed by atoms with Crippen LogP contribution in [0.15, 0.2) is 60.9 Å². The van der Waals surface area contributed by atoms with Crippen molar-refractivity contribution < 1.29 is 9.53 Å². The normalized spacial score (nSPS) is 11.2. The molecule has 2 aromatic carbocycles. The van der Waals surface area contributed by atoms with Crippen LogP contribution in [0.5, 0.6) is 0 Å². The van der Waals surface area contributed by atoms with Crippen LogP contribution in [-0.2, 0) is 16.0 Å². The number of rotatable bonds is 5. The Kier molecular flexibility index (Phi) is 5.56. The van der Waals surface area contributed by atoms with E-state index in [4.69, 9.17) is 4.74 Å². The van der Waals surface area contributed by atoms with E-state index in [9.17, 15) is 10.1 Å². The van der Waals surface area contributed by atoms with E-state index in [0.29, 0.717) is 22.8 Å². The quantitative estimate of drug-likeness (QED) is 0.475. The van der Waals surface area contributed by atoms with Gasteiger partial charge in [-0.1, -0.05) is 36.4 Å². The largest absolute Gasteiger partial charge is 0.460 e. The minimum absolute atomic E-state index is 0.215. The predicted molar refractivity (Wildman–Crippen MR) is 120 cm³/mol. The maximum Gasteiger partial charge on any atom is 0.310 e. The highest BCUT2D eigenvalue weighted by Gasteiger charge is 2.16. The molecule has 160 valence electrons. The number of carbonyl (C=O) groups excluding carboxylic acids is 1. The predicted octanol–water partition coefficient (Wildman–Crippen LogP) is 4.29. The molecule has 0 spiro atoms. The summed E-state index contributed by atoms with van der Waals surface area (Å²) in [5.41, 5.74) is 3.70. The lowest BCUT2D eigenvalue weighted by molar-refractivity contribution is -0.153. The molecule has 0 aliphatic heterocycles. The molecule has 2 aromatic heterocycles.